The van der Waals surface area contributed by atoms with Gasteiger partial charge in [0.2, 0.25) is 0 Å². The Bertz CT molecular complexity index is 206. The summed E-state index contributed by atoms with van der Waals surface area (Å²) in [4.78, 5) is 0. The van der Waals surface area contributed by atoms with E-state index < -0.39 is 0 Å². The minimum atomic E-state index is -0.197. The van der Waals surface area contributed by atoms with Crippen molar-refractivity contribution in [2.75, 3.05) is 0 Å². The van der Waals surface area contributed by atoms with Crippen LogP contribution in [0.2, 0.25) is 0 Å². The molecule has 0 aliphatic carbocycles. The lowest BCUT2D eigenvalue weighted by Gasteiger charge is -1.88. The van der Waals surface area contributed by atoms with Gasteiger partial charge >= 0.3 is 0 Å². The van der Waals surface area contributed by atoms with Gasteiger partial charge in [-0.25, -0.2) is 4.39 Å². The van der Waals surface area contributed by atoms with Crippen LogP contribution < -0.4 is 0 Å². The Balaban J connectivity index is 0.000000461. The van der Waals surface area contributed by atoms with Crippen LogP contribution in [-0.4, -0.2) is 9.78 Å². The van der Waals surface area contributed by atoms with Gasteiger partial charge in [0.05, 0.1) is 11.4 Å². The smallest absolute Gasteiger partial charge is 0.166 e. The lowest BCUT2D eigenvalue weighted by atomic mass is 10.4. The molecule has 3 heteroatoms. The summed E-state index contributed by atoms with van der Waals surface area (Å²) in [7, 11) is 1.73. The summed E-state index contributed by atoms with van der Waals surface area (Å²) in [6, 6.07) is 0. The van der Waals surface area contributed by atoms with Gasteiger partial charge in [-0.05, 0) is 13.8 Å². The number of nitrogens with zero attached hydrogens (tertiary/aromatic N) is 2. The van der Waals surface area contributed by atoms with Crippen LogP contribution in [0.4, 0.5) is 4.39 Å². The van der Waals surface area contributed by atoms with Crippen molar-refractivity contribution in [1.82, 2.24) is 9.78 Å². The van der Waals surface area contributed by atoms with E-state index in [2.05, 4.69) is 5.10 Å². The van der Waals surface area contributed by atoms with Gasteiger partial charge in [0, 0.05) is 7.05 Å². The summed E-state index contributed by atoms with van der Waals surface area (Å²) in [5.41, 5.74) is 1.06. The Hall–Kier alpha value is -0.860. The number of rotatable bonds is 0. The van der Waals surface area contributed by atoms with E-state index in [1.165, 1.54) is 4.68 Å². The zero-order valence-electron chi connectivity index (χ0n) is 7.77. The average Bonchev–Trinajstić information content (AvgIpc) is 2.22. The topological polar surface area (TPSA) is 17.8 Å². The summed E-state index contributed by atoms with van der Waals surface area (Å²) in [6.07, 6.45) is 0. The fourth-order valence-corrected chi connectivity index (χ4v) is 0.748. The maximum absolute atomic E-state index is 12.7. The predicted molar refractivity (Wildman–Crippen MR) is 44.0 cm³/mol. The molecule has 0 aliphatic rings. The van der Waals surface area contributed by atoms with Crippen LogP contribution in [0.5, 0.6) is 0 Å². The van der Waals surface area contributed by atoms with Crippen molar-refractivity contribution < 1.29 is 4.39 Å². The molecule has 64 valence electrons. The molecule has 1 aromatic heterocycles. The molecule has 0 amide bonds. The van der Waals surface area contributed by atoms with Crippen LogP contribution in [0.25, 0.3) is 0 Å². The average molecular weight is 158 g/mol. The van der Waals surface area contributed by atoms with Crippen molar-refractivity contribution >= 4 is 0 Å². The molecule has 0 fully saturated rings. The molecule has 0 aliphatic heterocycles. The maximum Gasteiger partial charge on any atom is 0.166 e. The molecule has 0 atom stereocenters. The normalized spacial score (nSPS) is 8.91. The van der Waals surface area contributed by atoms with Gasteiger partial charge in [0.25, 0.3) is 0 Å². The lowest BCUT2D eigenvalue weighted by molar-refractivity contribution is 0.605. The van der Waals surface area contributed by atoms with Crippen molar-refractivity contribution in [1.29, 1.82) is 0 Å². The second-order valence-corrected chi connectivity index (χ2v) is 2.11. The fourth-order valence-electron chi connectivity index (χ4n) is 0.748. The Labute approximate surface area is 67.0 Å². The van der Waals surface area contributed by atoms with E-state index in [9.17, 15) is 4.39 Å². The summed E-state index contributed by atoms with van der Waals surface area (Å²) in [6.45, 7) is 7.36. The Morgan fingerprint density at radius 2 is 1.73 bits per heavy atom. The van der Waals surface area contributed by atoms with E-state index in [1.54, 1.807) is 20.9 Å². The van der Waals surface area contributed by atoms with E-state index in [-0.39, 0.29) is 5.82 Å². The van der Waals surface area contributed by atoms with Crippen molar-refractivity contribution in [3.05, 3.63) is 17.2 Å². The quantitative estimate of drug-likeness (QED) is 0.566. The molecule has 0 spiro atoms. The van der Waals surface area contributed by atoms with Crippen molar-refractivity contribution in [2.24, 2.45) is 7.05 Å². The molecule has 1 heterocycles. The highest BCUT2D eigenvalue weighted by molar-refractivity contribution is 5.09. The standard InChI is InChI=1S/C6H9FN2.C2H6/c1-4-6(7)5(2)9(3)8-4;1-2/h1-3H3;1-2H3. The minimum absolute atomic E-state index is 0.197. The van der Waals surface area contributed by atoms with Crippen LogP contribution in [0.3, 0.4) is 0 Å². The molecule has 0 saturated carbocycles. The van der Waals surface area contributed by atoms with E-state index in [4.69, 9.17) is 0 Å². The number of hydrogen-bond acceptors (Lipinski definition) is 1. The number of hydrogen-bond donors (Lipinski definition) is 0. The maximum atomic E-state index is 12.7. The van der Waals surface area contributed by atoms with E-state index >= 15 is 0 Å². The van der Waals surface area contributed by atoms with Crippen LogP contribution in [0.15, 0.2) is 0 Å². The molecule has 0 bridgehead atoms. The third kappa shape index (κ3) is 2.03. The monoisotopic (exact) mass is 158 g/mol. The molecule has 0 aromatic carbocycles. The summed E-state index contributed by atoms with van der Waals surface area (Å²) >= 11 is 0. The first-order valence-corrected chi connectivity index (χ1v) is 3.78. The molecule has 2 nitrogen and oxygen atoms in total. The summed E-state index contributed by atoms with van der Waals surface area (Å²) < 4.78 is 14.2. The van der Waals surface area contributed by atoms with Crippen molar-refractivity contribution in [3.8, 4) is 0 Å². The molecule has 1 aromatic rings. The Morgan fingerprint density at radius 1 is 1.27 bits per heavy atom. The van der Waals surface area contributed by atoms with Crippen molar-refractivity contribution in [3.63, 3.8) is 0 Å². The molecule has 1 rings (SSSR count). The van der Waals surface area contributed by atoms with Gasteiger partial charge in [0.1, 0.15) is 0 Å². The molecular formula is C8H15FN2. The van der Waals surface area contributed by atoms with Crippen LogP contribution in [-0.2, 0) is 7.05 Å². The number of aromatic nitrogens is 2. The molecule has 0 saturated heterocycles. The predicted octanol–water partition coefficient (Wildman–Crippen LogP) is 2.20. The van der Waals surface area contributed by atoms with E-state index in [1.807, 2.05) is 13.8 Å². The molecule has 0 unspecified atom stereocenters. The first kappa shape index (κ1) is 10.1. The third-order valence-electron chi connectivity index (χ3n) is 1.42. The highest BCUT2D eigenvalue weighted by Crippen LogP contribution is 2.07. The van der Waals surface area contributed by atoms with Gasteiger partial charge in [-0.15, -0.1) is 0 Å². The highest BCUT2D eigenvalue weighted by Gasteiger charge is 2.06. The largest absolute Gasteiger partial charge is 0.270 e. The number of halogens is 1. The lowest BCUT2D eigenvalue weighted by Crippen LogP contribution is -1.92. The summed E-state index contributed by atoms with van der Waals surface area (Å²) in [5.74, 6) is -0.197. The first-order valence-electron chi connectivity index (χ1n) is 3.78. The van der Waals surface area contributed by atoms with Gasteiger partial charge < -0.3 is 0 Å². The second kappa shape index (κ2) is 4.11. The number of aryl methyl sites for hydroxylation is 2. The van der Waals surface area contributed by atoms with Crippen molar-refractivity contribution in [2.45, 2.75) is 27.7 Å². The highest BCUT2D eigenvalue weighted by atomic mass is 19.1. The Kier molecular flexibility index (Phi) is 3.79. The van der Waals surface area contributed by atoms with E-state index in [0.29, 0.717) is 11.4 Å². The van der Waals surface area contributed by atoms with Gasteiger partial charge in [-0.2, -0.15) is 5.10 Å². The molecule has 0 N–H and O–H groups in total. The van der Waals surface area contributed by atoms with Gasteiger partial charge in [-0.1, -0.05) is 13.8 Å². The van der Waals surface area contributed by atoms with Crippen LogP contribution in [0.1, 0.15) is 25.2 Å². The SMILES string of the molecule is CC.Cc1nn(C)c(C)c1F. The molecule has 0 radical (unpaired) electrons. The zero-order chi connectivity index (χ0) is 9.02. The Morgan fingerprint density at radius 3 is 1.82 bits per heavy atom. The van der Waals surface area contributed by atoms with Crippen LogP contribution in [0, 0.1) is 19.7 Å². The second-order valence-electron chi connectivity index (χ2n) is 2.11. The molecular weight excluding hydrogens is 143 g/mol. The third-order valence-corrected chi connectivity index (χ3v) is 1.42. The molecule has 11 heavy (non-hydrogen) atoms. The summed E-state index contributed by atoms with van der Waals surface area (Å²) in [5, 5.41) is 3.85. The zero-order valence-corrected chi connectivity index (χ0v) is 7.77. The van der Waals surface area contributed by atoms with Gasteiger partial charge in [-0.3, -0.25) is 4.68 Å². The fraction of sp³-hybridized carbons (Fsp3) is 0.625. The van der Waals surface area contributed by atoms with E-state index in [0.717, 1.165) is 0 Å². The minimum Gasteiger partial charge on any atom is -0.270 e. The van der Waals surface area contributed by atoms with Crippen LogP contribution >= 0.6 is 0 Å². The first-order chi connectivity index (χ1) is 5.13. The van der Waals surface area contributed by atoms with Gasteiger partial charge in [0.15, 0.2) is 5.82 Å².